The molecule has 0 aliphatic carbocycles. The second-order valence-corrected chi connectivity index (χ2v) is 2.50. The number of para-hydroxylation sites is 1. The average molecular weight is 311 g/mol. The number of hydrogen-bond donors (Lipinski definition) is 1. The zero-order chi connectivity index (χ0) is 9.19. The highest BCUT2D eigenvalue weighted by atomic mass is 35.5. The van der Waals surface area contributed by atoms with Crippen LogP contribution in [0.1, 0.15) is 0 Å². The molecule has 0 aliphatic rings. The normalized spacial score (nSPS) is 8.00. The SMILES string of the molecule is Cl.F.F.F.F.FC(F)(F)Oc1ccccc1S. The van der Waals surface area contributed by atoms with Crippen LogP contribution in [0.5, 0.6) is 5.75 Å². The monoisotopic (exact) mass is 310 g/mol. The second kappa shape index (κ2) is 11.6. The summed E-state index contributed by atoms with van der Waals surface area (Å²) < 4.78 is 38.7. The highest BCUT2D eigenvalue weighted by Gasteiger charge is 2.31. The van der Waals surface area contributed by atoms with Crippen LogP contribution in [0.25, 0.3) is 0 Å². The summed E-state index contributed by atoms with van der Waals surface area (Å²) in [6, 6.07) is 5.65. The largest absolute Gasteiger partial charge is 0.573 e. The van der Waals surface area contributed by atoms with Crippen molar-refractivity contribution in [3.63, 3.8) is 0 Å². The van der Waals surface area contributed by atoms with Crippen molar-refractivity contribution in [3.05, 3.63) is 24.3 Å². The molecule has 0 saturated carbocycles. The molecule has 0 N–H and O–H groups in total. The Labute approximate surface area is 104 Å². The minimum absolute atomic E-state index is 0. The summed E-state index contributed by atoms with van der Waals surface area (Å²) in [6.45, 7) is 0. The predicted octanol–water partition coefficient (Wildman–Crippen LogP) is 3.91. The van der Waals surface area contributed by atoms with E-state index in [2.05, 4.69) is 17.4 Å². The maximum atomic E-state index is 11.7. The van der Waals surface area contributed by atoms with Gasteiger partial charge in [0.15, 0.2) is 0 Å². The number of ether oxygens (including phenoxy) is 1. The van der Waals surface area contributed by atoms with Gasteiger partial charge in [-0.05, 0) is 12.1 Å². The zero-order valence-corrected chi connectivity index (χ0v) is 9.55. The fourth-order valence-corrected chi connectivity index (χ4v) is 0.874. The molecule has 0 spiro atoms. The van der Waals surface area contributed by atoms with E-state index in [1.54, 1.807) is 6.07 Å². The molecule has 0 aliphatic heterocycles. The van der Waals surface area contributed by atoms with E-state index in [1.165, 1.54) is 18.2 Å². The molecule has 0 bridgehead atoms. The smallest absolute Gasteiger partial charge is 0.405 e. The Morgan fingerprint density at radius 3 is 1.71 bits per heavy atom. The molecule has 0 unspecified atom stereocenters. The van der Waals surface area contributed by atoms with E-state index < -0.39 is 6.36 Å². The predicted molar refractivity (Wildman–Crippen MR) is 57.6 cm³/mol. The van der Waals surface area contributed by atoms with Gasteiger partial charge in [-0.3, -0.25) is 18.8 Å². The Balaban J connectivity index is -0.0000000960. The summed E-state index contributed by atoms with van der Waals surface area (Å²) in [7, 11) is 0. The van der Waals surface area contributed by atoms with Gasteiger partial charge in [0.25, 0.3) is 0 Å². The lowest BCUT2D eigenvalue weighted by Crippen LogP contribution is -2.17. The van der Waals surface area contributed by atoms with Crippen molar-refractivity contribution >= 4 is 25.0 Å². The van der Waals surface area contributed by atoms with Crippen LogP contribution >= 0.6 is 25.0 Å². The average Bonchev–Trinajstić information content (AvgIpc) is 1.91. The lowest BCUT2D eigenvalue weighted by molar-refractivity contribution is -0.275. The second-order valence-electron chi connectivity index (χ2n) is 2.02. The summed E-state index contributed by atoms with van der Waals surface area (Å²) in [5.41, 5.74) is 0. The van der Waals surface area contributed by atoms with Gasteiger partial charge in [-0.25, -0.2) is 0 Å². The lowest BCUT2D eigenvalue weighted by atomic mass is 10.3. The third-order valence-electron chi connectivity index (χ3n) is 1.09. The van der Waals surface area contributed by atoms with Crippen LogP contribution in [0, 0.1) is 0 Å². The van der Waals surface area contributed by atoms with Crippen molar-refractivity contribution in [3.8, 4) is 5.75 Å². The molecule has 0 heterocycles. The van der Waals surface area contributed by atoms with Crippen LogP contribution in [-0.4, -0.2) is 6.36 Å². The first-order valence-electron chi connectivity index (χ1n) is 3.03. The van der Waals surface area contributed by atoms with Crippen molar-refractivity contribution in [1.82, 2.24) is 0 Å². The highest BCUT2D eigenvalue weighted by molar-refractivity contribution is 7.80. The topological polar surface area (TPSA) is 9.23 Å². The first-order chi connectivity index (χ1) is 5.49. The van der Waals surface area contributed by atoms with E-state index in [0.29, 0.717) is 0 Å². The molecule has 10 heteroatoms. The molecule has 0 atom stereocenters. The molecule has 1 aromatic rings. The molecule has 0 amide bonds. The van der Waals surface area contributed by atoms with Gasteiger partial charge < -0.3 is 4.74 Å². The van der Waals surface area contributed by atoms with Crippen LogP contribution in [-0.2, 0) is 0 Å². The van der Waals surface area contributed by atoms with Crippen LogP contribution in [0.4, 0.5) is 32.0 Å². The molecular formula is C7H10ClF7OS. The molecular weight excluding hydrogens is 301 g/mol. The lowest BCUT2D eigenvalue weighted by Gasteiger charge is -2.09. The van der Waals surface area contributed by atoms with Gasteiger partial charge in [0.1, 0.15) is 5.75 Å². The Morgan fingerprint density at radius 1 is 0.941 bits per heavy atom. The standard InChI is InChI=1S/C7H5F3OS.ClH.4FH/c8-7(9,10)11-5-3-1-2-4-6(5)12;;;;;/h1-4,12H;5*1H. The van der Waals surface area contributed by atoms with E-state index >= 15 is 0 Å². The van der Waals surface area contributed by atoms with Crippen LogP contribution in [0.15, 0.2) is 29.2 Å². The van der Waals surface area contributed by atoms with Crippen molar-refractivity contribution in [2.45, 2.75) is 11.3 Å². The number of alkyl halides is 3. The number of halogens is 8. The van der Waals surface area contributed by atoms with Gasteiger partial charge in [-0.15, -0.1) is 38.2 Å². The van der Waals surface area contributed by atoms with Gasteiger partial charge in [-0.2, -0.15) is 0 Å². The Morgan fingerprint density at radius 2 is 1.35 bits per heavy atom. The first-order valence-corrected chi connectivity index (χ1v) is 3.47. The van der Waals surface area contributed by atoms with Gasteiger partial charge in [0.2, 0.25) is 0 Å². The Kier molecular flexibility index (Phi) is 20.4. The fourth-order valence-electron chi connectivity index (χ4n) is 0.668. The van der Waals surface area contributed by atoms with Gasteiger partial charge in [0.05, 0.1) is 0 Å². The van der Waals surface area contributed by atoms with E-state index in [1.807, 2.05) is 0 Å². The van der Waals surface area contributed by atoms with Crippen LogP contribution in [0.3, 0.4) is 0 Å². The molecule has 0 fully saturated rings. The number of benzene rings is 1. The minimum Gasteiger partial charge on any atom is -0.405 e. The van der Waals surface area contributed by atoms with E-state index in [-0.39, 0.29) is 41.9 Å². The third-order valence-corrected chi connectivity index (χ3v) is 1.46. The first kappa shape index (κ1) is 29.8. The third kappa shape index (κ3) is 11.4. The van der Waals surface area contributed by atoms with Crippen molar-refractivity contribution in [2.24, 2.45) is 0 Å². The van der Waals surface area contributed by atoms with Crippen LogP contribution < -0.4 is 4.74 Å². The summed E-state index contributed by atoms with van der Waals surface area (Å²) in [5, 5.41) is 0. The molecule has 0 radical (unpaired) electrons. The van der Waals surface area contributed by atoms with E-state index in [0.717, 1.165) is 0 Å². The summed E-state index contributed by atoms with van der Waals surface area (Å²) >= 11 is 3.78. The maximum absolute atomic E-state index is 11.7. The van der Waals surface area contributed by atoms with Crippen molar-refractivity contribution in [2.75, 3.05) is 0 Å². The molecule has 106 valence electrons. The summed E-state index contributed by atoms with van der Waals surface area (Å²) in [4.78, 5) is 0.162. The zero-order valence-electron chi connectivity index (χ0n) is 7.84. The van der Waals surface area contributed by atoms with E-state index in [4.69, 9.17) is 0 Å². The van der Waals surface area contributed by atoms with E-state index in [9.17, 15) is 13.2 Å². The summed E-state index contributed by atoms with van der Waals surface area (Å²) in [5.74, 6) is -0.284. The Hall–Kier alpha value is -0.830. The molecule has 0 aromatic heterocycles. The van der Waals surface area contributed by atoms with Gasteiger partial charge in [0, 0.05) is 4.90 Å². The number of thiol groups is 1. The fraction of sp³-hybridized carbons (Fsp3) is 0.143. The molecule has 1 rings (SSSR count). The summed E-state index contributed by atoms with van der Waals surface area (Å²) in [6.07, 6.45) is -4.65. The maximum Gasteiger partial charge on any atom is 0.573 e. The molecule has 1 nitrogen and oxygen atoms in total. The van der Waals surface area contributed by atoms with Gasteiger partial charge in [-0.1, -0.05) is 12.1 Å². The minimum atomic E-state index is -4.65. The number of hydrogen-bond acceptors (Lipinski definition) is 2. The molecule has 0 saturated heterocycles. The molecule has 17 heavy (non-hydrogen) atoms. The number of rotatable bonds is 1. The van der Waals surface area contributed by atoms with Crippen molar-refractivity contribution in [1.29, 1.82) is 0 Å². The van der Waals surface area contributed by atoms with Gasteiger partial charge >= 0.3 is 6.36 Å². The molecule has 1 aromatic carbocycles. The quantitative estimate of drug-likeness (QED) is 0.611. The Bertz CT molecular complexity index is 283. The van der Waals surface area contributed by atoms with Crippen LogP contribution in [0.2, 0.25) is 0 Å². The highest BCUT2D eigenvalue weighted by Crippen LogP contribution is 2.27. The van der Waals surface area contributed by atoms with Crippen molar-refractivity contribution < 1.29 is 36.7 Å².